The molecular formula is C14H24N2O4. The number of carbonyl (C=O) groups excluding carboxylic acids is 2. The van der Waals surface area contributed by atoms with Gasteiger partial charge in [0.25, 0.3) is 0 Å². The van der Waals surface area contributed by atoms with E-state index in [2.05, 4.69) is 42.9 Å². The number of ether oxygens (including phenoxy) is 2. The molecule has 1 saturated carbocycles. The number of hydrogen-bond donors (Lipinski definition) is 2. The van der Waals surface area contributed by atoms with Crippen LogP contribution in [-0.4, -0.2) is 18.3 Å². The maximum atomic E-state index is 11.7. The molecular weight excluding hydrogens is 260 g/mol. The number of amides is 2. The molecule has 2 N–H and O–H groups in total. The number of hydrazine groups is 1. The minimum atomic E-state index is -0.811. The van der Waals surface area contributed by atoms with E-state index in [0.29, 0.717) is 17.8 Å². The molecule has 0 heterocycles. The molecule has 0 bridgehead atoms. The third-order valence-electron chi connectivity index (χ3n) is 3.68. The first-order valence-corrected chi connectivity index (χ1v) is 6.98. The van der Waals surface area contributed by atoms with Crippen LogP contribution in [0.4, 0.5) is 9.59 Å². The van der Waals surface area contributed by atoms with Crippen molar-refractivity contribution < 1.29 is 19.1 Å². The number of carbonyl (C=O) groups is 2. The van der Waals surface area contributed by atoms with Gasteiger partial charge in [0.15, 0.2) is 0 Å². The van der Waals surface area contributed by atoms with Gasteiger partial charge in [0.2, 0.25) is 0 Å². The highest BCUT2D eigenvalue weighted by atomic mass is 16.6. The minimum Gasteiger partial charge on any atom is -0.445 e. The van der Waals surface area contributed by atoms with Gasteiger partial charge in [0.05, 0.1) is 6.26 Å². The lowest BCUT2D eigenvalue weighted by Gasteiger charge is -2.36. The zero-order valence-corrected chi connectivity index (χ0v) is 12.3. The van der Waals surface area contributed by atoms with Crippen molar-refractivity contribution in [3.05, 3.63) is 12.8 Å². The molecule has 1 aliphatic rings. The van der Waals surface area contributed by atoms with Gasteiger partial charge >= 0.3 is 12.2 Å². The largest absolute Gasteiger partial charge is 0.445 e. The Kier molecular flexibility index (Phi) is 6.35. The number of hydrogen-bond acceptors (Lipinski definition) is 4. The molecule has 114 valence electrons. The lowest BCUT2D eigenvalue weighted by atomic mass is 9.75. The van der Waals surface area contributed by atoms with Crippen molar-refractivity contribution in [3.63, 3.8) is 0 Å². The van der Waals surface area contributed by atoms with Gasteiger partial charge in [-0.05, 0) is 30.6 Å². The summed E-state index contributed by atoms with van der Waals surface area (Å²) >= 11 is 0. The van der Waals surface area contributed by atoms with E-state index in [1.165, 1.54) is 0 Å². The maximum absolute atomic E-state index is 11.7. The first-order chi connectivity index (χ1) is 9.43. The molecule has 3 atom stereocenters. The topological polar surface area (TPSA) is 76.7 Å². The van der Waals surface area contributed by atoms with Gasteiger partial charge in [-0.3, -0.25) is 0 Å². The quantitative estimate of drug-likeness (QED) is 0.617. The molecule has 1 aliphatic carbocycles. The van der Waals surface area contributed by atoms with Crippen LogP contribution in [0, 0.1) is 17.8 Å². The van der Waals surface area contributed by atoms with Crippen LogP contribution in [0.25, 0.3) is 0 Å². The zero-order valence-electron chi connectivity index (χ0n) is 12.3. The van der Waals surface area contributed by atoms with E-state index in [9.17, 15) is 9.59 Å². The monoisotopic (exact) mass is 284 g/mol. The molecule has 2 amide bonds. The highest BCUT2D eigenvalue weighted by molar-refractivity contribution is 5.74. The SMILES string of the molecule is C=COC(=O)NNC(=O)OC1CC(C)CCC1C(C)C. The normalized spacial score (nSPS) is 25.7. The van der Waals surface area contributed by atoms with E-state index in [1.54, 1.807) is 0 Å². The summed E-state index contributed by atoms with van der Waals surface area (Å²) in [4.78, 5) is 22.7. The van der Waals surface area contributed by atoms with Gasteiger partial charge in [-0.15, -0.1) is 0 Å². The van der Waals surface area contributed by atoms with Crippen molar-refractivity contribution in [2.45, 2.75) is 46.1 Å². The Hall–Kier alpha value is -1.72. The Bertz CT molecular complexity index is 357. The Morgan fingerprint density at radius 1 is 1.25 bits per heavy atom. The van der Waals surface area contributed by atoms with Crippen molar-refractivity contribution in [1.29, 1.82) is 0 Å². The van der Waals surface area contributed by atoms with E-state index >= 15 is 0 Å². The molecule has 6 nitrogen and oxygen atoms in total. The molecule has 0 aromatic carbocycles. The first-order valence-electron chi connectivity index (χ1n) is 6.98. The average Bonchev–Trinajstić information content (AvgIpc) is 2.36. The number of nitrogens with one attached hydrogen (secondary N) is 2. The van der Waals surface area contributed by atoms with E-state index in [0.717, 1.165) is 25.5 Å². The fourth-order valence-electron chi connectivity index (χ4n) is 2.62. The lowest BCUT2D eigenvalue weighted by molar-refractivity contribution is 0.00467. The van der Waals surface area contributed by atoms with Crippen LogP contribution < -0.4 is 10.9 Å². The van der Waals surface area contributed by atoms with Crippen molar-refractivity contribution in [2.75, 3.05) is 0 Å². The van der Waals surface area contributed by atoms with Crippen LogP contribution in [0.5, 0.6) is 0 Å². The number of rotatable bonds is 3. The summed E-state index contributed by atoms with van der Waals surface area (Å²) < 4.78 is 9.82. The van der Waals surface area contributed by atoms with Crippen LogP contribution in [0.2, 0.25) is 0 Å². The lowest BCUT2D eigenvalue weighted by Crippen LogP contribution is -2.45. The second kappa shape index (κ2) is 7.77. The molecule has 0 aromatic rings. The van der Waals surface area contributed by atoms with Gasteiger partial charge in [0.1, 0.15) is 6.10 Å². The van der Waals surface area contributed by atoms with Crippen LogP contribution in [-0.2, 0) is 9.47 Å². The van der Waals surface area contributed by atoms with Crippen molar-refractivity contribution >= 4 is 12.2 Å². The summed E-state index contributed by atoms with van der Waals surface area (Å²) in [7, 11) is 0. The predicted molar refractivity (Wildman–Crippen MR) is 74.6 cm³/mol. The second-order valence-electron chi connectivity index (χ2n) is 5.59. The summed E-state index contributed by atoms with van der Waals surface area (Å²) in [5, 5.41) is 0. The summed E-state index contributed by atoms with van der Waals surface area (Å²) in [5.41, 5.74) is 4.23. The van der Waals surface area contributed by atoms with E-state index in [4.69, 9.17) is 4.74 Å². The van der Waals surface area contributed by atoms with Gasteiger partial charge in [-0.25, -0.2) is 20.4 Å². The maximum Gasteiger partial charge on any atom is 0.430 e. The van der Waals surface area contributed by atoms with Gasteiger partial charge in [-0.2, -0.15) is 0 Å². The highest BCUT2D eigenvalue weighted by Gasteiger charge is 2.33. The first kappa shape index (κ1) is 16.3. The van der Waals surface area contributed by atoms with Crippen LogP contribution in [0.3, 0.4) is 0 Å². The van der Waals surface area contributed by atoms with E-state index < -0.39 is 12.2 Å². The summed E-state index contributed by atoms with van der Waals surface area (Å²) in [6.07, 6.45) is 2.45. The molecule has 0 radical (unpaired) electrons. The summed E-state index contributed by atoms with van der Waals surface area (Å²) in [6.45, 7) is 9.66. The van der Waals surface area contributed by atoms with Crippen LogP contribution in [0.15, 0.2) is 12.8 Å². The molecule has 1 rings (SSSR count). The molecule has 0 aliphatic heterocycles. The smallest absolute Gasteiger partial charge is 0.430 e. The van der Waals surface area contributed by atoms with E-state index in [-0.39, 0.29) is 6.10 Å². The third-order valence-corrected chi connectivity index (χ3v) is 3.68. The average molecular weight is 284 g/mol. The fraction of sp³-hybridized carbons (Fsp3) is 0.714. The van der Waals surface area contributed by atoms with Gasteiger partial charge < -0.3 is 9.47 Å². The standard InChI is InChI=1S/C14H24N2O4/c1-5-19-13(17)15-16-14(18)20-12-8-10(4)6-7-11(12)9(2)3/h5,9-12H,1,6-8H2,2-4H3,(H,15,17)(H,16,18). The van der Waals surface area contributed by atoms with Gasteiger partial charge in [0, 0.05) is 0 Å². The van der Waals surface area contributed by atoms with Crippen LogP contribution in [0.1, 0.15) is 40.0 Å². The van der Waals surface area contributed by atoms with Crippen LogP contribution >= 0.6 is 0 Å². The van der Waals surface area contributed by atoms with Crippen molar-refractivity contribution in [3.8, 4) is 0 Å². The summed E-state index contributed by atoms with van der Waals surface area (Å²) in [5.74, 6) is 1.36. The fourth-order valence-corrected chi connectivity index (χ4v) is 2.62. The predicted octanol–water partition coefficient (Wildman–Crippen LogP) is 2.96. The molecule has 20 heavy (non-hydrogen) atoms. The molecule has 3 unspecified atom stereocenters. The Labute approximate surface area is 119 Å². The molecule has 0 spiro atoms. The van der Waals surface area contributed by atoms with Crippen molar-refractivity contribution in [2.24, 2.45) is 17.8 Å². The van der Waals surface area contributed by atoms with Gasteiger partial charge in [-0.1, -0.05) is 33.8 Å². The Balaban J connectivity index is 2.45. The minimum absolute atomic E-state index is 0.115. The van der Waals surface area contributed by atoms with E-state index in [1.807, 2.05) is 0 Å². The molecule has 1 fully saturated rings. The molecule has 6 heteroatoms. The highest BCUT2D eigenvalue weighted by Crippen LogP contribution is 2.35. The Morgan fingerprint density at radius 2 is 1.90 bits per heavy atom. The second-order valence-corrected chi connectivity index (χ2v) is 5.59. The zero-order chi connectivity index (χ0) is 15.1. The third kappa shape index (κ3) is 5.11. The molecule has 0 saturated heterocycles. The summed E-state index contributed by atoms with van der Waals surface area (Å²) in [6, 6.07) is 0. The Morgan fingerprint density at radius 3 is 2.50 bits per heavy atom. The van der Waals surface area contributed by atoms with Crippen molar-refractivity contribution in [1.82, 2.24) is 10.9 Å². The molecule has 0 aromatic heterocycles.